The Kier molecular flexibility index (Phi) is 6.67. The largest absolute Gasteiger partial charge is 0.497 e. The van der Waals surface area contributed by atoms with E-state index in [0.717, 1.165) is 11.3 Å². The van der Waals surface area contributed by atoms with Crippen LogP contribution in [0.1, 0.15) is 12.5 Å². The molecule has 0 aromatic heterocycles. The molecule has 0 bridgehead atoms. The number of methoxy groups -OCH3 is 2. The zero-order chi connectivity index (χ0) is 18.4. The maximum Gasteiger partial charge on any atom is 0.241 e. The van der Waals surface area contributed by atoms with Crippen molar-refractivity contribution in [1.82, 2.24) is 4.90 Å². The fourth-order valence-electron chi connectivity index (χ4n) is 2.37. The molecule has 1 amide bonds. The number of ether oxygens (including phenoxy) is 2. The highest BCUT2D eigenvalue weighted by Gasteiger charge is 2.19. The molecule has 0 saturated heterocycles. The Labute approximate surface area is 153 Å². The number of nitrogens with one attached hydrogen (secondary N) is 1. The second-order valence-electron chi connectivity index (χ2n) is 5.77. The molecule has 0 aliphatic carbocycles. The van der Waals surface area contributed by atoms with Crippen LogP contribution in [0.2, 0.25) is 5.02 Å². The van der Waals surface area contributed by atoms with Crippen molar-refractivity contribution in [2.45, 2.75) is 19.5 Å². The first-order chi connectivity index (χ1) is 11.9. The Morgan fingerprint density at radius 2 is 1.84 bits per heavy atom. The van der Waals surface area contributed by atoms with E-state index < -0.39 is 0 Å². The Bertz CT molecular complexity index is 719. The maximum absolute atomic E-state index is 12.6. The van der Waals surface area contributed by atoms with Crippen LogP contribution in [0.4, 0.5) is 5.69 Å². The smallest absolute Gasteiger partial charge is 0.241 e. The molecule has 0 saturated carbocycles. The van der Waals surface area contributed by atoms with Gasteiger partial charge in [0, 0.05) is 11.6 Å². The number of nitrogens with zero attached hydrogens (tertiary/aromatic N) is 1. The van der Waals surface area contributed by atoms with Crippen molar-refractivity contribution >= 4 is 23.2 Å². The minimum atomic E-state index is -0.328. The fourth-order valence-corrected chi connectivity index (χ4v) is 2.54. The van der Waals surface area contributed by atoms with E-state index in [1.807, 2.05) is 43.1 Å². The van der Waals surface area contributed by atoms with Gasteiger partial charge in [-0.05, 0) is 49.9 Å². The van der Waals surface area contributed by atoms with Crippen LogP contribution in [-0.2, 0) is 11.3 Å². The fraction of sp³-hybridized carbons (Fsp3) is 0.316. The van der Waals surface area contributed by atoms with Crippen molar-refractivity contribution in [1.29, 1.82) is 0 Å². The first kappa shape index (κ1) is 19.1. The average molecular weight is 363 g/mol. The highest BCUT2D eigenvalue weighted by molar-refractivity contribution is 6.31. The average Bonchev–Trinajstić information content (AvgIpc) is 2.61. The zero-order valence-electron chi connectivity index (χ0n) is 14.9. The van der Waals surface area contributed by atoms with E-state index in [2.05, 4.69) is 5.32 Å². The van der Waals surface area contributed by atoms with Gasteiger partial charge in [0.25, 0.3) is 0 Å². The maximum atomic E-state index is 12.6. The van der Waals surface area contributed by atoms with Crippen molar-refractivity contribution in [3.8, 4) is 11.5 Å². The van der Waals surface area contributed by atoms with Gasteiger partial charge < -0.3 is 14.8 Å². The normalized spacial score (nSPS) is 11.9. The molecule has 1 atom stereocenters. The molecule has 134 valence electrons. The summed E-state index contributed by atoms with van der Waals surface area (Å²) in [7, 11) is 5.10. The van der Waals surface area contributed by atoms with E-state index in [0.29, 0.717) is 23.0 Å². The van der Waals surface area contributed by atoms with E-state index in [1.54, 1.807) is 32.4 Å². The Hall–Kier alpha value is -2.24. The quantitative estimate of drug-likeness (QED) is 0.813. The summed E-state index contributed by atoms with van der Waals surface area (Å²) in [6.45, 7) is 2.50. The van der Waals surface area contributed by atoms with Gasteiger partial charge in [0.1, 0.15) is 11.5 Å². The van der Waals surface area contributed by atoms with Crippen LogP contribution in [0, 0.1) is 0 Å². The predicted molar refractivity (Wildman–Crippen MR) is 101 cm³/mol. The molecule has 2 rings (SSSR count). The van der Waals surface area contributed by atoms with Gasteiger partial charge in [-0.2, -0.15) is 0 Å². The third-order valence-corrected chi connectivity index (χ3v) is 4.29. The van der Waals surface area contributed by atoms with Gasteiger partial charge in [0.2, 0.25) is 5.91 Å². The van der Waals surface area contributed by atoms with Crippen LogP contribution in [0.3, 0.4) is 0 Å². The molecular formula is C19H23ClN2O3. The molecule has 2 aromatic rings. The third kappa shape index (κ3) is 5.11. The number of likely N-dealkylation sites (N-methyl/N-ethyl adjacent to an activating group) is 1. The number of anilines is 1. The topological polar surface area (TPSA) is 50.8 Å². The van der Waals surface area contributed by atoms with E-state index >= 15 is 0 Å². The summed E-state index contributed by atoms with van der Waals surface area (Å²) in [5.41, 5.74) is 1.66. The molecule has 0 fully saturated rings. The van der Waals surface area contributed by atoms with E-state index in [4.69, 9.17) is 21.1 Å². The number of hydrogen-bond acceptors (Lipinski definition) is 4. The van der Waals surface area contributed by atoms with E-state index in [-0.39, 0.29) is 11.9 Å². The van der Waals surface area contributed by atoms with Crippen molar-refractivity contribution in [3.63, 3.8) is 0 Å². The lowest BCUT2D eigenvalue weighted by Gasteiger charge is -2.24. The number of carbonyl (C=O) groups excluding carboxylic acids is 1. The van der Waals surface area contributed by atoms with Crippen LogP contribution in [0.5, 0.6) is 11.5 Å². The highest BCUT2D eigenvalue weighted by Crippen LogP contribution is 2.28. The Morgan fingerprint density at radius 3 is 2.44 bits per heavy atom. The molecule has 25 heavy (non-hydrogen) atoms. The second kappa shape index (κ2) is 8.74. The molecule has 0 aliphatic heterocycles. The van der Waals surface area contributed by atoms with Gasteiger partial charge in [-0.1, -0.05) is 23.7 Å². The molecule has 5 nitrogen and oxygen atoms in total. The minimum Gasteiger partial charge on any atom is -0.497 e. The molecule has 1 N–H and O–H groups in total. The second-order valence-corrected chi connectivity index (χ2v) is 6.21. The number of halogens is 1. The summed E-state index contributed by atoms with van der Waals surface area (Å²) in [5, 5.41) is 3.41. The first-order valence-electron chi connectivity index (χ1n) is 7.92. The van der Waals surface area contributed by atoms with Gasteiger partial charge >= 0.3 is 0 Å². The van der Waals surface area contributed by atoms with Crippen LogP contribution in [0.25, 0.3) is 0 Å². The Morgan fingerprint density at radius 1 is 1.16 bits per heavy atom. The summed E-state index contributed by atoms with van der Waals surface area (Å²) < 4.78 is 10.4. The third-order valence-electron chi connectivity index (χ3n) is 4.05. The lowest BCUT2D eigenvalue weighted by Crippen LogP contribution is -2.39. The molecule has 0 heterocycles. The SMILES string of the molecule is COc1ccc(CN(C)C(C)C(=O)Nc2cc(Cl)ccc2OC)cc1. The molecule has 0 radical (unpaired) electrons. The van der Waals surface area contributed by atoms with Crippen molar-refractivity contribution < 1.29 is 14.3 Å². The standard InChI is InChI=1S/C19H23ClN2O3/c1-13(22(2)12-14-5-8-16(24-3)9-6-14)19(23)21-17-11-15(20)7-10-18(17)25-4/h5-11,13H,12H2,1-4H3,(H,21,23). The summed E-state index contributed by atoms with van der Waals surface area (Å²) in [5.74, 6) is 1.25. The van der Waals surface area contributed by atoms with Crippen LogP contribution in [-0.4, -0.2) is 38.1 Å². The predicted octanol–water partition coefficient (Wildman–Crippen LogP) is 3.82. The van der Waals surface area contributed by atoms with Crippen LogP contribution < -0.4 is 14.8 Å². The molecular weight excluding hydrogens is 340 g/mol. The van der Waals surface area contributed by atoms with Gasteiger partial charge in [0.05, 0.1) is 25.9 Å². The first-order valence-corrected chi connectivity index (χ1v) is 8.30. The molecule has 1 unspecified atom stereocenters. The molecule has 0 aliphatic rings. The number of amides is 1. The number of hydrogen-bond donors (Lipinski definition) is 1. The van der Waals surface area contributed by atoms with E-state index in [9.17, 15) is 4.79 Å². The molecule has 6 heteroatoms. The van der Waals surface area contributed by atoms with Crippen molar-refractivity contribution in [2.24, 2.45) is 0 Å². The van der Waals surface area contributed by atoms with Gasteiger partial charge in [-0.15, -0.1) is 0 Å². The molecule has 0 spiro atoms. The van der Waals surface area contributed by atoms with Gasteiger partial charge in [-0.3, -0.25) is 9.69 Å². The van der Waals surface area contributed by atoms with Crippen molar-refractivity contribution in [3.05, 3.63) is 53.1 Å². The summed E-state index contributed by atoms with van der Waals surface area (Å²) >= 11 is 6.00. The minimum absolute atomic E-state index is 0.128. The summed E-state index contributed by atoms with van der Waals surface area (Å²) in [4.78, 5) is 14.5. The number of benzene rings is 2. The molecule has 2 aromatic carbocycles. The Balaban J connectivity index is 2.02. The monoisotopic (exact) mass is 362 g/mol. The lowest BCUT2D eigenvalue weighted by molar-refractivity contribution is -0.120. The van der Waals surface area contributed by atoms with Crippen LogP contribution >= 0.6 is 11.6 Å². The number of rotatable bonds is 7. The number of carbonyl (C=O) groups is 1. The summed E-state index contributed by atoms with van der Waals surface area (Å²) in [6, 6.07) is 12.6. The highest BCUT2D eigenvalue weighted by atomic mass is 35.5. The van der Waals surface area contributed by atoms with Crippen LogP contribution in [0.15, 0.2) is 42.5 Å². The van der Waals surface area contributed by atoms with Crippen molar-refractivity contribution in [2.75, 3.05) is 26.6 Å². The van der Waals surface area contributed by atoms with Gasteiger partial charge in [-0.25, -0.2) is 0 Å². The lowest BCUT2D eigenvalue weighted by atomic mass is 10.1. The summed E-state index contributed by atoms with van der Waals surface area (Å²) in [6.07, 6.45) is 0. The van der Waals surface area contributed by atoms with E-state index in [1.165, 1.54) is 0 Å². The van der Waals surface area contributed by atoms with Gasteiger partial charge in [0.15, 0.2) is 0 Å². The zero-order valence-corrected chi connectivity index (χ0v) is 15.6.